The Bertz CT molecular complexity index is 1240. The lowest BCUT2D eigenvalue weighted by Crippen LogP contribution is -2.55. The molecule has 11 nitrogen and oxygen atoms in total. The predicted octanol–water partition coefficient (Wildman–Crippen LogP) is 3.62. The molecular formula is C27H32F3N5O6. The molecular weight excluding hydrogens is 547 g/mol. The third-order valence-electron chi connectivity index (χ3n) is 6.78. The van der Waals surface area contributed by atoms with Crippen LogP contribution in [0.15, 0.2) is 36.7 Å². The molecule has 3 N–H and O–H groups in total. The maximum absolute atomic E-state index is 13.5. The maximum atomic E-state index is 13.5. The number of carbonyl (C=O) groups excluding carboxylic acids is 2. The van der Waals surface area contributed by atoms with E-state index in [9.17, 15) is 32.7 Å². The SMILES string of the molecule is CC(=O)N([C@@H](CC(=O)O)c1cccnc1)N1CCCC(CCc2ccc3c(n2)NCCC3)C1=O.O=C(O)C(F)(F)F. The molecule has 2 aromatic heterocycles. The van der Waals surface area contributed by atoms with E-state index in [0.717, 1.165) is 43.7 Å². The monoisotopic (exact) mass is 579 g/mol. The highest BCUT2D eigenvalue weighted by Crippen LogP contribution is 2.31. The standard InChI is InChI=1S/C25H31N5O4.C2HF3O2/c1-17(31)30(22(15-23(32)33)20-6-2-12-26-16-20)29-14-4-7-19(25(29)34)9-11-21-10-8-18-5-3-13-27-24(18)28-21;3-2(4,5)1(6)7/h2,6,8,10,12,16,19,22H,3-5,7,9,11,13-15H2,1H3,(H,27,28)(H,32,33);(H,6,7)/t19?,22-;/m0./s1. The number of fused-ring (bicyclic) bond motifs is 1. The highest BCUT2D eigenvalue weighted by Gasteiger charge is 2.39. The third-order valence-corrected chi connectivity index (χ3v) is 6.78. The van der Waals surface area contributed by atoms with E-state index in [1.165, 1.54) is 22.5 Å². The summed E-state index contributed by atoms with van der Waals surface area (Å²) in [7, 11) is 0. The summed E-state index contributed by atoms with van der Waals surface area (Å²) < 4.78 is 31.7. The average Bonchev–Trinajstić information content (AvgIpc) is 2.92. The Morgan fingerprint density at radius 1 is 1.20 bits per heavy atom. The lowest BCUT2D eigenvalue weighted by Gasteiger charge is -2.43. The molecule has 14 heteroatoms. The van der Waals surface area contributed by atoms with E-state index in [2.05, 4.69) is 16.4 Å². The van der Waals surface area contributed by atoms with E-state index in [-0.39, 0.29) is 24.2 Å². The number of carboxylic acids is 2. The Kier molecular flexibility index (Phi) is 10.6. The zero-order valence-electron chi connectivity index (χ0n) is 22.4. The average molecular weight is 580 g/mol. The number of anilines is 1. The van der Waals surface area contributed by atoms with Crippen molar-refractivity contribution in [2.75, 3.05) is 18.4 Å². The summed E-state index contributed by atoms with van der Waals surface area (Å²) in [6, 6.07) is 6.77. The largest absolute Gasteiger partial charge is 0.490 e. The van der Waals surface area contributed by atoms with Crippen LogP contribution in [-0.2, 0) is 32.0 Å². The number of aryl methyl sites for hydroxylation is 2. The van der Waals surface area contributed by atoms with Crippen LogP contribution in [0.3, 0.4) is 0 Å². The Hall–Kier alpha value is -4.23. The third kappa shape index (κ3) is 8.63. The van der Waals surface area contributed by atoms with Gasteiger partial charge in [-0.1, -0.05) is 12.1 Å². The number of halogens is 3. The second-order valence-corrected chi connectivity index (χ2v) is 9.75. The highest BCUT2D eigenvalue weighted by atomic mass is 19.4. The number of aromatic nitrogens is 2. The van der Waals surface area contributed by atoms with Gasteiger partial charge in [-0.15, -0.1) is 0 Å². The van der Waals surface area contributed by atoms with Crippen LogP contribution in [0, 0.1) is 5.92 Å². The quantitative estimate of drug-likeness (QED) is 0.426. The number of aliphatic carboxylic acids is 2. The van der Waals surface area contributed by atoms with E-state index >= 15 is 0 Å². The number of rotatable bonds is 8. The number of alkyl halides is 3. The number of hydrogen-bond donors (Lipinski definition) is 3. The van der Waals surface area contributed by atoms with Crippen molar-refractivity contribution in [2.45, 2.75) is 64.1 Å². The first-order valence-electron chi connectivity index (χ1n) is 13.1. The summed E-state index contributed by atoms with van der Waals surface area (Å²) in [5, 5.41) is 22.8. The van der Waals surface area contributed by atoms with Gasteiger partial charge in [0.2, 0.25) is 11.8 Å². The summed E-state index contributed by atoms with van der Waals surface area (Å²) >= 11 is 0. The van der Waals surface area contributed by atoms with Crippen molar-refractivity contribution in [1.29, 1.82) is 0 Å². The van der Waals surface area contributed by atoms with Crippen molar-refractivity contribution >= 4 is 29.6 Å². The number of nitrogens with one attached hydrogen (secondary N) is 1. The van der Waals surface area contributed by atoms with Crippen molar-refractivity contribution in [3.05, 3.63) is 53.5 Å². The summed E-state index contributed by atoms with van der Waals surface area (Å²) in [5.41, 5.74) is 2.76. The van der Waals surface area contributed by atoms with Gasteiger partial charge in [0.1, 0.15) is 5.82 Å². The van der Waals surface area contributed by atoms with Gasteiger partial charge in [0.25, 0.3) is 0 Å². The van der Waals surface area contributed by atoms with E-state index in [4.69, 9.17) is 14.9 Å². The first kappa shape index (κ1) is 31.3. The number of pyridine rings is 2. The van der Waals surface area contributed by atoms with Crippen molar-refractivity contribution in [3.8, 4) is 0 Å². The minimum Gasteiger partial charge on any atom is -0.481 e. The van der Waals surface area contributed by atoms with Crippen LogP contribution in [-0.4, -0.2) is 73.2 Å². The van der Waals surface area contributed by atoms with Gasteiger partial charge in [-0.2, -0.15) is 13.2 Å². The van der Waals surface area contributed by atoms with Crippen molar-refractivity contribution in [2.24, 2.45) is 5.92 Å². The number of carbonyl (C=O) groups is 4. The molecule has 2 amide bonds. The normalized spacial score (nSPS) is 17.3. The molecule has 2 aliphatic heterocycles. The molecule has 222 valence electrons. The van der Waals surface area contributed by atoms with Crippen molar-refractivity contribution in [1.82, 2.24) is 20.0 Å². The van der Waals surface area contributed by atoms with Crippen LogP contribution in [0.1, 0.15) is 61.9 Å². The number of hydrogen-bond acceptors (Lipinski definition) is 7. The first-order valence-corrected chi connectivity index (χ1v) is 13.1. The second-order valence-electron chi connectivity index (χ2n) is 9.75. The molecule has 1 unspecified atom stereocenters. The molecule has 0 spiro atoms. The Labute approximate surface area is 234 Å². The molecule has 0 radical (unpaired) electrons. The van der Waals surface area contributed by atoms with E-state index in [0.29, 0.717) is 24.9 Å². The molecule has 1 fully saturated rings. The smallest absolute Gasteiger partial charge is 0.481 e. The fourth-order valence-corrected chi connectivity index (χ4v) is 4.89. The van der Waals surface area contributed by atoms with E-state index in [1.807, 2.05) is 6.07 Å². The van der Waals surface area contributed by atoms with Gasteiger partial charge < -0.3 is 15.5 Å². The number of piperidine rings is 1. The van der Waals surface area contributed by atoms with Crippen LogP contribution < -0.4 is 5.32 Å². The van der Waals surface area contributed by atoms with Gasteiger partial charge in [0, 0.05) is 44.0 Å². The summed E-state index contributed by atoms with van der Waals surface area (Å²) in [6.07, 6.45) is 2.65. The number of carboxylic acid groups (broad SMARTS) is 2. The molecule has 4 heterocycles. The topological polar surface area (TPSA) is 153 Å². The van der Waals surface area contributed by atoms with Crippen molar-refractivity contribution in [3.63, 3.8) is 0 Å². The zero-order valence-corrected chi connectivity index (χ0v) is 22.4. The first-order chi connectivity index (χ1) is 19.4. The Morgan fingerprint density at radius 3 is 2.54 bits per heavy atom. The lowest BCUT2D eigenvalue weighted by atomic mass is 9.92. The van der Waals surface area contributed by atoms with E-state index < -0.39 is 24.2 Å². The fraction of sp³-hybridized carbons (Fsp3) is 0.481. The maximum Gasteiger partial charge on any atom is 0.490 e. The van der Waals surface area contributed by atoms with Gasteiger partial charge in [0.05, 0.1) is 12.5 Å². The molecule has 0 aliphatic carbocycles. The van der Waals surface area contributed by atoms with Crippen LogP contribution in [0.25, 0.3) is 0 Å². The molecule has 0 aromatic carbocycles. The molecule has 1 saturated heterocycles. The molecule has 2 aromatic rings. The van der Waals surface area contributed by atoms with Gasteiger partial charge >= 0.3 is 18.1 Å². The van der Waals surface area contributed by atoms with Crippen LogP contribution in [0.4, 0.5) is 19.0 Å². The molecule has 4 rings (SSSR count). The van der Waals surface area contributed by atoms with Gasteiger partial charge in [-0.25, -0.2) is 14.8 Å². The number of amides is 2. The summed E-state index contributed by atoms with van der Waals surface area (Å²) in [5.74, 6) is -3.62. The fourth-order valence-electron chi connectivity index (χ4n) is 4.89. The van der Waals surface area contributed by atoms with Crippen LogP contribution >= 0.6 is 0 Å². The number of nitrogens with zero attached hydrogens (tertiary/aromatic N) is 4. The summed E-state index contributed by atoms with van der Waals surface area (Å²) in [4.78, 5) is 55.5. The van der Waals surface area contributed by atoms with Crippen LogP contribution in [0.5, 0.6) is 0 Å². The zero-order chi connectivity index (χ0) is 30.2. The van der Waals surface area contributed by atoms with Gasteiger partial charge in [-0.05, 0) is 61.8 Å². The molecule has 2 atom stereocenters. The second kappa shape index (κ2) is 13.9. The molecule has 0 bridgehead atoms. The Morgan fingerprint density at radius 2 is 1.93 bits per heavy atom. The van der Waals surface area contributed by atoms with Crippen molar-refractivity contribution < 1.29 is 42.6 Å². The molecule has 2 aliphatic rings. The Balaban J connectivity index is 0.000000587. The highest BCUT2D eigenvalue weighted by molar-refractivity contribution is 5.84. The minimum absolute atomic E-state index is 0.142. The van der Waals surface area contributed by atoms with Gasteiger partial charge in [-0.3, -0.25) is 24.4 Å². The van der Waals surface area contributed by atoms with Crippen LogP contribution in [0.2, 0.25) is 0 Å². The number of hydrazine groups is 1. The van der Waals surface area contributed by atoms with E-state index in [1.54, 1.807) is 24.5 Å². The molecule has 0 saturated carbocycles. The lowest BCUT2D eigenvalue weighted by molar-refractivity contribution is -0.192. The minimum atomic E-state index is -5.08. The predicted molar refractivity (Wildman–Crippen MR) is 139 cm³/mol. The van der Waals surface area contributed by atoms with Gasteiger partial charge in [0.15, 0.2) is 0 Å². The summed E-state index contributed by atoms with van der Waals surface area (Å²) in [6.45, 7) is 2.67. The molecule has 41 heavy (non-hydrogen) atoms.